The van der Waals surface area contributed by atoms with Crippen LogP contribution in [0.5, 0.6) is 0 Å². The zero-order chi connectivity index (χ0) is 18.1. The molecule has 0 aliphatic carbocycles. The number of carbonyl (C=O) groups excluding carboxylic acids is 1. The second kappa shape index (κ2) is 6.95. The first-order chi connectivity index (χ1) is 11.9. The van der Waals surface area contributed by atoms with Gasteiger partial charge in [0.2, 0.25) is 0 Å². The molecule has 1 heterocycles. The third-order valence-electron chi connectivity index (χ3n) is 3.59. The van der Waals surface area contributed by atoms with Crippen molar-refractivity contribution in [2.24, 2.45) is 0 Å². The molecule has 1 amide bonds. The van der Waals surface area contributed by atoms with Crippen molar-refractivity contribution in [1.29, 1.82) is 0 Å². The predicted octanol–water partition coefficient (Wildman–Crippen LogP) is 4.96. The Bertz CT molecular complexity index is 943. The van der Waals surface area contributed by atoms with Gasteiger partial charge in [-0.2, -0.15) is 0 Å². The first kappa shape index (κ1) is 17.6. The first-order valence-electron chi connectivity index (χ1n) is 7.15. The standard InChI is InChI=1S/C17H11ClN2O3S2/c1-10-5-6-11(7-14(10)20(22)23)8-15-16(21)19(17(24)25-15)13-4-2-3-12(18)9-13/h2-9H,1H3/b15-8+. The summed E-state index contributed by atoms with van der Waals surface area (Å²) >= 11 is 12.4. The molecule has 3 rings (SSSR count). The van der Waals surface area contributed by atoms with Crippen LogP contribution in [0.2, 0.25) is 5.02 Å². The summed E-state index contributed by atoms with van der Waals surface area (Å²) in [6.45, 7) is 1.67. The number of benzene rings is 2. The maximum Gasteiger partial charge on any atom is 0.272 e. The van der Waals surface area contributed by atoms with Crippen LogP contribution in [0.1, 0.15) is 11.1 Å². The van der Waals surface area contributed by atoms with Gasteiger partial charge in [0.25, 0.3) is 11.6 Å². The number of hydrogen-bond donors (Lipinski definition) is 0. The van der Waals surface area contributed by atoms with Crippen molar-refractivity contribution in [2.45, 2.75) is 6.92 Å². The Labute approximate surface area is 158 Å². The fourth-order valence-electron chi connectivity index (χ4n) is 2.37. The molecule has 0 N–H and O–H groups in total. The van der Waals surface area contributed by atoms with Gasteiger partial charge in [0, 0.05) is 16.7 Å². The maximum absolute atomic E-state index is 12.7. The zero-order valence-corrected chi connectivity index (χ0v) is 15.3. The van der Waals surface area contributed by atoms with Gasteiger partial charge in [-0.3, -0.25) is 19.8 Å². The zero-order valence-electron chi connectivity index (χ0n) is 12.9. The number of amides is 1. The quantitative estimate of drug-likeness (QED) is 0.320. The van der Waals surface area contributed by atoms with Crippen molar-refractivity contribution in [3.8, 4) is 0 Å². The van der Waals surface area contributed by atoms with Crippen LogP contribution in [0.15, 0.2) is 47.4 Å². The number of thioether (sulfide) groups is 1. The highest BCUT2D eigenvalue weighted by molar-refractivity contribution is 8.27. The third kappa shape index (κ3) is 3.58. The Morgan fingerprint density at radius 1 is 1.28 bits per heavy atom. The molecule has 1 aliphatic rings. The molecule has 1 aliphatic heterocycles. The van der Waals surface area contributed by atoms with Crippen LogP contribution in [0.3, 0.4) is 0 Å². The van der Waals surface area contributed by atoms with E-state index in [1.165, 1.54) is 11.0 Å². The topological polar surface area (TPSA) is 63.5 Å². The molecule has 126 valence electrons. The van der Waals surface area contributed by atoms with Crippen molar-refractivity contribution in [3.05, 3.63) is 73.6 Å². The van der Waals surface area contributed by atoms with E-state index < -0.39 is 4.92 Å². The number of anilines is 1. The number of nitro groups is 1. The smallest absolute Gasteiger partial charge is 0.268 e. The average Bonchev–Trinajstić information content (AvgIpc) is 2.83. The number of halogens is 1. The molecule has 0 unspecified atom stereocenters. The van der Waals surface area contributed by atoms with E-state index in [-0.39, 0.29) is 11.6 Å². The number of thiocarbonyl (C=S) groups is 1. The highest BCUT2D eigenvalue weighted by atomic mass is 35.5. The Hall–Kier alpha value is -2.22. The van der Waals surface area contributed by atoms with E-state index in [0.717, 1.165) is 11.8 Å². The minimum absolute atomic E-state index is 0.0130. The molecule has 0 bridgehead atoms. The molecule has 25 heavy (non-hydrogen) atoms. The number of hydrogen-bond acceptors (Lipinski definition) is 5. The fourth-order valence-corrected chi connectivity index (χ4v) is 3.85. The molecule has 1 saturated heterocycles. The van der Waals surface area contributed by atoms with Crippen LogP contribution in [0, 0.1) is 17.0 Å². The monoisotopic (exact) mass is 390 g/mol. The highest BCUT2D eigenvalue weighted by Crippen LogP contribution is 2.37. The summed E-state index contributed by atoms with van der Waals surface area (Å²) in [6.07, 6.45) is 1.61. The normalized spacial score (nSPS) is 15.9. The Balaban J connectivity index is 1.96. The lowest BCUT2D eigenvalue weighted by Crippen LogP contribution is -2.27. The molecule has 2 aromatic rings. The lowest BCUT2D eigenvalue weighted by molar-refractivity contribution is -0.385. The highest BCUT2D eigenvalue weighted by Gasteiger charge is 2.33. The van der Waals surface area contributed by atoms with Gasteiger partial charge in [-0.1, -0.05) is 53.8 Å². The van der Waals surface area contributed by atoms with Gasteiger partial charge in [-0.05, 0) is 36.8 Å². The van der Waals surface area contributed by atoms with Crippen molar-refractivity contribution in [1.82, 2.24) is 0 Å². The summed E-state index contributed by atoms with van der Waals surface area (Å²) in [5.74, 6) is -0.277. The molecule has 8 heteroatoms. The van der Waals surface area contributed by atoms with Crippen molar-refractivity contribution < 1.29 is 9.72 Å². The third-order valence-corrected chi connectivity index (χ3v) is 5.13. The van der Waals surface area contributed by atoms with Crippen LogP contribution in [0.4, 0.5) is 11.4 Å². The molecular weight excluding hydrogens is 380 g/mol. The van der Waals surface area contributed by atoms with Gasteiger partial charge in [-0.25, -0.2) is 0 Å². The largest absolute Gasteiger partial charge is 0.272 e. The van der Waals surface area contributed by atoms with Crippen LogP contribution in [-0.2, 0) is 4.79 Å². The Morgan fingerprint density at radius 3 is 2.72 bits per heavy atom. The van der Waals surface area contributed by atoms with Gasteiger partial charge in [-0.15, -0.1) is 0 Å². The number of nitrogens with zero attached hydrogens (tertiary/aromatic N) is 2. The number of aryl methyl sites for hydroxylation is 1. The van der Waals surface area contributed by atoms with Gasteiger partial charge in [0.1, 0.15) is 0 Å². The van der Waals surface area contributed by atoms with Crippen molar-refractivity contribution in [3.63, 3.8) is 0 Å². The summed E-state index contributed by atoms with van der Waals surface area (Å²) in [4.78, 5) is 25.1. The van der Waals surface area contributed by atoms with Crippen LogP contribution >= 0.6 is 35.6 Å². The molecule has 5 nitrogen and oxygen atoms in total. The summed E-state index contributed by atoms with van der Waals surface area (Å²) in [5, 5.41) is 11.6. The van der Waals surface area contributed by atoms with E-state index in [1.807, 2.05) is 0 Å². The Morgan fingerprint density at radius 2 is 2.04 bits per heavy atom. The van der Waals surface area contributed by atoms with E-state index in [9.17, 15) is 14.9 Å². The van der Waals surface area contributed by atoms with E-state index >= 15 is 0 Å². The molecule has 2 aromatic carbocycles. The molecule has 0 saturated carbocycles. The van der Waals surface area contributed by atoms with Gasteiger partial charge < -0.3 is 0 Å². The van der Waals surface area contributed by atoms with Gasteiger partial charge >= 0.3 is 0 Å². The number of rotatable bonds is 3. The molecule has 0 atom stereocenters. The fraction of sp³-hybridized carbons (Fsp3) is 0.0588. The number of carbonyl (C=O) groups is 1. The van der Waals surface area contributed by atoms with E-state index in [1.54, 1.807) is 49.4 Å². The second-order valence-corrected chi connectivity index (χ2v) is 7.41. The first-order valence-corrected chi connectivity index (χ1v) is 8.75. The molecular formula is C17H11ClN2O3S2. The molecule has 1 fully saturated rings. The Kier molecular flexibility index (Phi) is 4.89. The van der Waals surface area contributed by atoms with Crippen molar-refractivity contribution >= 4 is 63.3 Å². The molecule has 0 aromatic heterocycles. The van der Waals surface area contributed by atoms with E-state index in [2.05, 4.69) is 0 Å². The SMILES string of the molecule is Cc1ccc(/C=C2/SC(=S)N(c3cccc(Cl)c3)C2=O)cc1[N+](=O)[O-]. The molecule has 0 radical (unpaired) electrons. The van der Waals surface area contributed by atoms with Gasteiger partial charge in [0.05, 0.1) is 15.5 Å². The predicted molar refractivity (Wildman–Crippen MR) is 105 cm³/mol. The summed E-state index contributed by atoms with van der Waals surface area (Å²) in [7, 11) is 0. The summed E-state index contributed by atoms with van der Waals surface area (Å²) < 4.78 is 0.389. The summed E-state index contributed by atoms with van der Waals surface area (Å²) in [6, 6.07) is 11.7. The van der Waals surface area contributed by atoms with Crippen molar-refractivity contribution in [2.75, 3.05) is 4.90 Å². The summed E-state index contributed by atoms with van der Waals surface area (Å²) in [5.41, 5.74) is 1.74. The number of nitro benzene ring substituents is 1. The van der Waals surface area contributed by atoms with E-state index in [4.69, 9.17) is 23.8 Å². The average molecular weight is 391 g/mol. The minimum atomic E-state index is -0.441. The lowest BCUT2D eigenvalue weighted by atomic mass is 10.1. The van der Waals surface area contributed by atoms with Crippen LogP contribution < -0.4 is 4.90 Å². The van der Waals surface area contributed by atoms with Gasteiger partial charge in [0.15, 0.2) is 4.32 Å². The van der Waals surface area contributed by atoms with Crippen LogP contribution in [-0.4, -0.2) is 15.2 Å². The minimum Gasteiger partial charge on any atom is -0.268 e. The lowest BCUT2D eigenvalue weighted by Gasteiger charge is -2.14. The van der Waals surface area contributed by atoms with Crippen LogP contribution in [0.25, 0.3) is 6.08 Å². The molecule has 0 spiro atoms. The second-order valence-electron chi connectivity index (χ2n) is 5.30. The maximum atomic E-state index is 12.7. The van der Waals surface area contributed by atoms with E-state index in [0.29, 0.717) is 31.1 Å².